The van der Waals surface area contributed by atoms with Crippen LogP contribution < -0.4 is 11.1 Å². The lowest BCUT2D eigenvalue weighted by molar-refractivity contribution is -0.124. The lowest BCUT2D eigenvalue weighted by Gasteiger charge is -2.31. The van der Waals surface area contributed by atoms with E-state index < -0.39 is 0 Å². The van der Waals surface area contributed by atoms with Gasteiger partial charge in [0.25, 0.3) is 0 Å². The first-order valence-electron chi connectivity index (χ1n) is 7.40. The highest BCUT2D eigenvalue weighted by Crippen LogP contribution is 2.30. The standard InChI is InChI=1S/C16H23ClN2O2/c1-10-5-11(2)7-13(6-10)21-9-16(20)19-12-3-4-14(17)15(18)8-12/h3-4,8,10-11,13H,5-7,9,18H2,1-2H3,(H,19,20). The van der Waals surface area contributed by atoms with Crippen molar-refractivity contribution >= 4 is 28.9 Å². The molecule has 1 aromatic rings. The van der Waals surface area contributed by atoms with Crippen LogP contribution in [-0.4, -0.2) is 18.6 Å². The van der Waals surface area contributed by atoms with Crippen LogP contribution in [0.3, 0.4) is 0 Å². The first-order valence-corrected chi connectivity index (χ1v) is 7.78. The predicted molar refractivity (Wildman–Crippen MR) is 86.4 cm³/mol. The summed E-state index contributed by atoms with van der Waals surface area (Å²) in [5.41, 5.74) is 6.79. The number of carbonyl (C=O) groups is 1. The number of ether oxygens (including phenoxy) is 1. The van der Waals surface area contributed by atoms with Gasteiger partial charge in [0.2, 0.25) is 5.91 Å². The number of anilines is 2. The number of nitrogen functional groups attached to an aromatic ring is 1. The Kier molecular flexibility index (Phi) is 5.48. The van der Waals surface area contributed by atoms with Gasteiger partial charge in [0, 0.05) is 5.69 Å². The van der Waals surface area contributed by atoms with E-state index in [2.05, 4.69) is 19.2 Å². The van der Waals surface area contributed by atoms with Crippen molar-refractivity contribution in [2.75, 3.05) is 17.7 Å². The molecule has 5 heteroatoms. The van der Waals surface area contributed by atoms with E-state index in [4.69, 9.17) is 22.1 Å². The molecular formula is C16H23ClN2O2. The molecule has 1 aliphatic rings. The fourth-order valence-electron chi connectivity index (χ4n) is 3.02. The summed E-state index contributed by atoms with van der Waals surface area (Å²) in [5, 5.41) is 3.25. The van der Waals surface area contributed by atoms with Gasteiger partial charge in [0.05, 0.1) is 16.8 Å². The Balaban J connectivity index is 1.80. The second-order valence-electron chi connectivity index (χ2n) is 6.13. The van der Waals surface area contributed by atoms with Gasteiger partial charge in [0.15, 0.2) is 0 Å². The summed E-state index contributed by atoms with van der Waals surface area (Å²) >= 11 is 5.84. The molecule has 0 radical (unpaired) electrons. The second kappa shape index (κ2) is 7.14. The average Bonchev–Trinajstić information content (AvgIpc) is 2.40. The van der Waals surface area contributed by atoms with Crippen LogP contribution in [0.25, 0.3) is 0 Å². The molecule has 1 saturated carbocycles. The van der Waals surface area contributed by atoms with E-state index in [9.17, 15) is 4.79 Å². The van der Waals surface area contributed by atoms with Gasteiger partial charge in [-0.15, -0.1) is 0 Å². The Morgan fingerprint density at radius 3 is 2.62 bits per heavy atom. The van der Waals surface area contributed by atoms with Crippen LogP contribution in [0.2, 0.25) is 5.02 Å². The zero-order valence-corrected chi connectivity index (χ0v) is 13.3. The minimum Gasteiger partial charge on any atom is -0.397 e. The summed E-state index contributed by atoms with van der Waals surface area (Å²) in [4.78, 5) is 11.9. The van der Waals surface area contributed by atoms with Gasteiger partial charge in [-0.1, -0.05) is 25.4 Å². The van der Waals surface area contributed by atoms with Crippen LogP contribution in [0, 0.1) is 11.8 Å². The van der Waals surface area contributed by atoms with Crippen LogP contribution in [0.5, 0.6) is 0 Å². The SMILES string of the molecule is CC1CC(C)CC(OCC(=O)Nc2ccc(Cl)c(N)c2)C1. The summed E-state index contributed by atoms with van der Waals surface area (Å²) in [5.74, 6) is 1.17. The molecule has 0 bridgehead atoms. The van der Waals surface area contributed by atoms with Crippen molar-refractivity contribution in [3.8, 4) is 0 Å². The molecule has 3 N–H and O–H groups in total. The molecule has 0 spiro atoms. The molecule has 0 saturated heterocycles. The summed E-state index contributed by atoms with van der Waals surface area (Å²) in [6.45, 7) is 4.55. The van der Waals surface area contributed by atoms with E-state index in [1.807, 2.05) is 0 Å². The first-order chi connectivity index (χ1) is 9.94. The lowest BCUT2D eigenvalue weighted by atomic mass is 9.82. The maximum absolute atomic E-state index is 11.9. The van der Waals surface area contributed by atoms with Crippen molar-refractivity contribution in [3.05, 3.63) is 23.2 Å². The van der Waals surface area contributed by atoms with Gasteiger partial charge >= 0.3 is 0 Å². The van der Waals surface area contributed by atoms with E-state index in [-0.39, 0.29) is 18.6 Å². The lowest BCUT2D eigenvalue weighted by Crippen LogP contribution is -2.29. The van der Waals surface area contributed by atoms with E-state index in [0.29, 0.717) is 28.2 Å². The van der Waals surface area contributed by atoms with E-state index in [1.54, 1.807) is 18.2 Å². The molecule has 2 unspecified atom stereocenters. The Morgan fingerprint density at radius 1 is 1.33 bits per heavy atom. The Morgan fingerprint density at radius 2 is 2.00 bits per heavy atom. The van der Waals surface area contributed by atoms with Gasteiger partial charge in [-0.2, -0.15) is 0 Å². The summed E-state index contributed by atoms with van der Waals surface area (Å²) < 4.78 is 5.74. The molecular weight excluding hydrogens is 288 g/mol. The molecule has 2 rings (SSSR count). The van der Waals surface area contributed by atoms with Crippen molar-refractivity contribution in [1.29, 1.82) is 0 Å². The third-order valence-corrected chi connectivity index (χ3v) is 4.21. The normalized spacial score (nSPS) is 25.6. The molecule has 1 amide bonds. The summed E-state index contributed by atoms with van der Waals surface area (Å²) in [7, 11) is 0. The molecule has 116 valence electrons. The van der Waals surface area contributed by atoms with Gasteiger partial charge < -0.3 is 15.8 Å². The Labute approximate surface area is 131 Å². The van der Waals surface area contributed by atoms with Crippen molar-refractivity contribution in [1.82, 2.24) is 0 Å². The Hall–Kier alpha value is -1.26. The van der Waals surface area contributed by atoms with E-state index in [1.165, 1.54) is 6.42 Å². The van der Waals surface area contributed by atoms with Crippen molar-refractivity contribution < 1.29 is 9.53 Å². The third kappa shape index (κ3) is 4.90. The fourth-order valence-corrected chi connectivity index (χ4v) is 3.14. The number of halogens is 1. The van der Waals surface area contributed by atoms with Gasteiger partial charge in [-0.3, -0.25) is 4.79 Å². The van der Waals surface area contributed by atoms with Crippen LogP contribution in [0.1, 0.15) is 33.1 Å². The number of nitrogens with two attached hydrogens (primary N) is 1. The number of carbonyl (C=O) groups excluding carboxylic acids is 1. The second-order valence-corrected chi connectivity index (χ2v) is 6.54. The summed E-state index contributed by atoms with van der Waals surface area (Å²) in [6.07, 6.45) is 3.50. The average molecular weight is 311 g/mol. The number of hydrogen-bond acceptors (Lipinski definition) is 3. The molecule has 0 aliphatic heterocycles. The molecule has 0 heterocycles. The highest BCUT2D eigenvalue weighted by molar-refractivity contribution is 6.33. The van der Waals surface area contributed by atoms with Gasteiger partial charge in [-0.05, 0) is 49.3 Å². The minimum atomic E-state index is -0.164. The quantitative estimate of drug-likeness (QED) is 0.833. The molecule has 2 atom stereocenters. The molecule has 4 nitrogen and oxygen atoms in total. The topological polar surface area (TPSA) is 64.3 Å². The van der Waals surface area contributed by atoms with E-state index in [0.717, 1.165) is 12.8 Å². The maximum Gasteiger partial charge on any atom is 0.250 e. The molecule has 1 fully saturated rings. The van der Waals surface area contributed by atoms with Crippen molar-refractivity contribution in [2.45, 2.75) is 39.2 Å². The monoisotopic (exact) mass is 310 g/mol. The number of hydrogen-bond donors (Lipinski definition) is 2. The largest absolute Gasteiger partial charge is 0.397 e. The zero-order chi connectivity index (χ0) is 15.4. The third-order valence-electron chi connectivity index (χ3n) is 3.87. The first kappa shape index (κ1) is 16.1. The minimum absolute atomic E-state index is 0.0760. The van der Waals surface area contributed by atoms with Gasteiger partial charge in [0.1, 0.15) is 6.61 Å². The number of amides is 1. The van der Waals surface area contributed by atoms with Crippen LogP contribution >= 0.6 is 11.6 Å². The highest BCUT2D eigenvalue weighted by Gasteiger charge is 2.24. The zero-order valence-electron chi connectivity index (χ0n) is 12.6. The van der Waals surface area contributed by atoms with Gasteiger partial charge in [-0.25, -0.2) is 0 Å². The predicted octanol–water partition coefficient (Wildman–Crippen LogP) is 3.70. The summed E-state index contributed by atoms with van der Waals surface area (Å²) in [6, 6.07) is 5.03. The van der Waals surface area contributed by atoms with Crippen LogP contribution in [0.15, 0.2) is 18.2 Å². The number of rotatable bonds is 4. The number of nitrogens with one attached hydrogen (secondary N) is 1. The molecule has 0 aromatic heterocycles. The maximum atomic E-state index is 11.9. The highest BCUT2D eigenvalue weighted by atomic mass is 35.5. The van der Waals surface area contributed by atoms with E-state index >= 15 is 0 Å². The molecule has 21 heavy (non-hydrogen) atoms. The van der Waals surface area contributed by atoms with Crippen LogP contribution in [0.4, 0.5) is 11.4 Å². The fraction of sp³-hybridized carbons (Fsp3) is 0.562. The molecule has 1 aromatic carbocycles. The number of benzene rings is 1. The smallest absolute Gasteiger partial charge is 0.250 e. The van der Waals surface area contributed by atoms with Crippen LogP contribution in [-0.2, 0) is 9.53 Å². The molecule has 1 aliphatic carbocycles. The Bertz CT molecular complexity index is 497. The van der Waals surface area contributed by atoms with Crippen molar-refractivity contribution in [3.63, 3.8) is 0 Å². The van der Waals surface area contributed by atoms with Crippen molar-refractivity contribution in [2.24, 2.45) is 11.8 Å².